The number of pyridine rings is 1. The first-order valence-corrected chi connectivity index (χ1v) is 4.51. The van der Waals surface area contributed by atoms with Crippen molar-refractivity contribution in [3.63, 3.8) is 0 Å². The van der Waals surface area contributed by atoms with Crippen LogP contribution < -0.4 is 5.32 Å². The van der Waals surface area contributed by atoms with Gasteiger partial charge in [0.15, 0.2) is 0 Å². The van der Waals surface area contributed by atoms with Crippen LogP contribution in [0.1, 0.15) is 26.5 Å². The van der Waals surface area contributed by atoms with Crippen LogP contribution in [-0.2, 0) is 5.92 Å². The molecule has 0 unspecified atom stereocenters. The normalized spacial score (nSPS) is 11.9. The third-order valence-corrected chi connectivity index (χ3v) is 1.67. The van der Waals surface area contributed by atoms with Crippen molar-refractivity contribution in [2.75, 3.05) is 5.32 Å². The van der Waals surface area contributed by atoms with Crippen LogP contribution in [-0.4, -0.2) is 11.0 Å². The number of hydrogen-bond acceptors (Lipinski definition) is 2. The summed E-state index contributed by atoms with van der Waals surface area (Å²) >= 11 is 0. The molecule has 0 bridgehead atoms. The third-order valence-electron chi connectivity index (χ3n) is 1.67. The van der Waals surface area contributed by atoms with Crippen molar-refractivity contribution in [2.24, 2.45) is 0 Å². The van der Waals surface area contributed by atoms with Gasteiger partial charge in [0, 0.05) is 19.2 Å². The minimum absolute atomic E-state index is 0.111. The molecule has 0 atom stereocenters. The zero-order valence-electron chi connectivity index (χ0n) is 8.51. The Balaban J connectivity index is 3.04. The number of alkyl halides is 2. The summed E-state index contributed by atoms with van der Waals surface area (Å²) in [6, 6.07) is 3.36. The predicted octanol–water partition coefficient (Wildman–Crippen LogP) is 3.01. The summed E-state index contributed by atoms with van der Waals surface area (Å²) in [4.78, 5) is 3.69. The lowest BCUT2D eigenvalue weighted by atomic mass is 10.2. The lowest BCUT2D eigenvalue weighted by Gasteiger charge is -2.17. The van der Waals surface area contributed by atoms with Crippen LogP contribution in [0.25, 0.3) is 0 Å². The molecule has 0 aromatic carbocycles. The minimum atomic E-state index is -2.90. The average Bonchev–Trinajstić information content (AvgIpc) is 2.01. The van der Waals surface area contributed by atoms with E-state index in [1.54, 1.807) is 12.1 Å². The van der Waals surface area contributed by atoms with Gasteiger partial charge in [0.05, 0.1) is 5.69 Å². The Morgan fingerprint density at radius 2 is 2.07 bits per heavy atom. The van der Waals surface area contributed by atoms with Gasteiger partial charge in [0.25, 0.3) is 5.92 Å². The smallest absolute Gasteiger partial charge is 0.289 e. The van der Waals surface area contributed by atoms with Gasteiger partial charge in [-0.15, -0.1) is 0 Å². The molecule has 2 nitrogen and oxygen atoms in total. The van der Waals surface area contributed by atoms with Gasteiger partial charge in [0.1, 0.15) is 5.69 Å². The van der Waals surface area contributed by atoms with Crippen molar-refractivity contribution in [2.45, 2.75) is 32.7 Å². The lowest BCUT2D eigenvalue weighted by molar-refractivity contribution is 0.0135. The second-order valence-corrected chi connectivity index (χ2v) is 3.59. The van der Waals surface area contributed by atoms with Crippen molar-refractivity contribution < 1.29 is 8.78 Å². The highest BCUT2D eigenvalue weighted by Gasteiger charge is 2.29. The molecule has 14 heavy (non-hydrogen) atoms. The van der Waals surface area contributed by atoms with Crippen molar-refractivity contribution in [3.8, 4) is 0 Å². The molecule has 1 aromatic rings. The fourth-order valence-corrected chi connectivity index (χ4v) is 1.18. The van der Waals surface area contributed by atoms with Crippen LogP contribution in [0.4, 0.5) is 14.5 Å². The number of aromatic nitrogens is 1. The van der Waals surface area contributed by atoms with E-state index in [0.29, 0.717) is 5.69 Å². The molecule has 1 heterocycles. The highest BCUT2D eigenvalue weighted by atomic mass is 19.3. The van der Waals surface area contributed by atoms with Crippen molar-refractivity contribution in [1.29, 1.82) is 0 Å². The molecule has 0 saturated heterocycles. The van der Waals surface area contributed by atoms with Crippen molar-refractivity contribution in [3.05, 3.63) is 24.0 Å². The van der Waals surface area contributed by atoms with Crippen molar-refractivity contribution in [1.82, 2.24) is 4.98 Å². The fourth-order valence-electron chi connectivity index (χ4n) is 1.18. The largest absolute Gasteiger partial charge is 0.381 e. The zero-order valence-corrected chi connectivity index (χ0v) is 8.51. The van der Waals surface area contributed by atoms with E-state index < -0.39 is 5.92 Å². The number of halogens is 2. The topological polar surface area (TPSA) is 24.9 Å². The van der Waals surface area contributed by atoms with E-state index in [2.05, 4.69) is 10.3 Å². The SMILES string of the molecule is CC(C)Nc1cccnc1C(C)(F)F. The van der Waals surface area contributed by atoms with E-state index in [0.717, 1.165) is 6.92 Å². The Hall–Kier alpha value is -1.19. The maximum atomic E-state index is 13.1. The highest BCUT2D eigenvalue weighted by molar-refractivity contribution is 5.49. The molecular weight excluding hydrogens is 186 g/mol. The summed E-state index contributed by atoms with van der Waals surface area (Å²) < 4.78 is 26.1. The molecule has 0 aliphatic heterocycles. The first-order chi connectivity index (χ1) is 6.41. The molecular formula is C10H14F2N2. The van der Waals surface area contributed by atoms with Gasteiger partial charge in [-0.25, -0.2) is 0 Å². The van der Waals surface area contributed by atoms with Gasteiger partial charge < -0.3 is 5.32 Å². The quantitative estimate of drug-likeness (QED) is 0.811. The summed E-state index contributed by atoms with van der Waals surface area (Å²) in [6.45, 7) is 4.63. The molecule has 1 rings (SSSR count). The molecule has 78 valence electrons. The van der Waals surface area contributed by atoms with Crippen molar-refractivity contribution >= 4 is 5.69 Å². The Labute approximate surface area is 82.4 Å². The maximum absolute atomic E-state index is 13.1. The fraction of sp³-hybridized carbons (Fsp3) is 0.500. The van der Waals surface area contributed by atoms with Crippen LogP contribution >= 0.6 is 0 Å². The molecule has 0 aliphatic carbocycles. The monoisotopic (exact) mass is 200 g/mol. The molecule has 0 radical (unpaired) electrons. The summed E-state index contributed by atoms with van der Waals surface area (Å²) in [5.41, 5.74) is 0.198. The lowest BCUT2D eigenvalue weighted by Crippen LogP contribution is -2.17. The summed E-state index contributed by atoms with van der Waals surface area (Å²) in [6.07, 6.45) is 1.37. The predicted molar refractivity (Wildman–Crippen MR) is 52.6 cm³/mol. The minimum Gasteiger partial charge on any atom is -0.381 e. The van der Waals surface area contributed by atoms with E-state index in [-0.39, 0.29) is 11.7 Å². The summed E-state index contributed by atoms with van der Waals surface area (Å²) in [5.74, 6) is -2.90. The number of rotatable bonds is 3. The van der Waals surface area contributed by atoms with E-state index in [4.69, 9.17) is 0 Å². The van der Waals surface area contributed by atoms with Gasteiger partial charge in [-0.2, -0.15) is 8.78 Å². The number of nitrogens with one attached hydrogen (secondary N) is 1. The van der Waals surface area contributed by atoms with Crippen LogP contribution in [0.15, 0.2) is 18.3 Å². The van der Waals surface area contributed by atoms with Gasteiger partial charge in [-0.3, -0.25) is 4.98 Å². The second-order valence-electron chi connectivity index (χ2n) is 3.59. The van der Waals surface area contributed by atoms with E-state index in [1.165, 1.54) is 6.20 Å². The second kappa shape index (κ2) is 3.90. The Kier molecular flexibility index (Phi) is 3.03. The van der Waals surface area contributed by atoms with Crippen LogP contribution in [0.3, 0.4) is 0 Å². The molecule has 1 aromatic heterocycles. The number of anilines is 1. The molecule has 0 amide bonds. The molecule has 0 fully saturated rings. The highest BCUT2D eigenvalue weighted by Crippen LogP contribution is 2.30. The van der Waals surface area contributed by atoms with Crippen LogP contribution in [0.2, 0.25) is 0 Å². The van der Waals surface area contributed by atoms with Crippen LogP contribution in [0.5, 0.6) is 0 Å². The van der Waals surface area contributed by atoms with Gasteiger partial charge in [-0.1, -0.05) is 0 Å². The summed E-state index contributed by atoms with van der Waals surface area (Å²) in [7, 11) is 0. The number of hydrogen-bond donors (Lipinski definition) is 1. The standard InChI is InChI=1S/C10H14F2N2/c1-7(2)14-8-5-4-6-13-9(8)10(3,11)12/h4-7,14H,1-3H3. The Morgan fingerprint density at radius 3 is 2.57 bits per heavy atom. The van der Waals surface area contributed by atoms with Gasteiger partial charge in [-0.05, 0) is 26.0 Å². The van der Waals surface area contributed by atoms with E-state index in [1.807, 2.05) is 13.8 Å². The van der Waals surface area contributed by atoms with E-state index in [9.17, 15) is 8.78 Å². The van der Waals surface area contributed by atoms with Gasteiger partial charge >= 0.3 is 0 Å². The Morgan fingerprint density at radius 1 is 1.43 bits per heavy atom. The molecule has 4 heteroatoms. The van der Waals surface area contributed by atoms with Crippen LogP contribution in [0, 0.1) is 0 Å². The molecule has 1 N–H and O–H groups in total. The van der Waals surface area contributed by atoms with E-state index >= 15 is 0 Å². The first kappa shape index (κ1) is 10.9. The zero-order chi connectivity index (χ0) is 10.8. The number of nitrogens with zero attached hydrogens (tertiary/aromatic N) is 1. The Bertz CT molecular complexity index is 305. The molecule has 0 saturated carbocycles. The third kappa shape index (κ3) is 2.65. The average molecular weight is 200 g/mol. The molecule has 0 spiro atoms. The maximum Gasteiger partial charge on any atom is 0.289 e. The first-order valence-electron chi connectivity index (χ1n) is 4.51. The summed E-state index contributed by atoms with van der Waals surface area (Å²) in [5, 5.41) is 2.94. The molecule has 0 aliphatic rings. The van der Waals surface area contributed by atoms with Gasteiger partial charge in [0.2, 0.25) is 0 Å².